The van der Waals surface area contributed by atoms with Gasteiger partial charge in [0.25, 0.3) is 0 Å². The van der Waals surface area contributed by atoms with Gasteiger partial charge in [-0.2, -0.15) is 5.26 Å². The van der Waals surface area contributed by atoms with Gasteiger partial charge in [-0.25, -0.2) is 13.4 Å². The number of carbonyl (C=O) groups is 1. The van der Waals surface area contributed by atoms with Crippen LogP contribution in [0.3, 0.4) is 0 Å². The fourth-order valence-corrected chi connectivity index (χ4v) is 3.69. The number of rotatable bonds is 7. The van der Waals surface area contributed by atoms with Crippen LogP contribution >= 0.6 is 0 Å². The van der Waals surface area contributed by atoms with E-state index in [-0.39, 0.29) is 24.7 Å². The second-order valence-corrected chi connectivity index (χ2v) is 8.71. The summed E-state index contributed by atoms with van der Waals surface area (Å²) in [5.41, 5.74) is 2.23. The molecule has 0 N–H and O–H groups in total. The van der Waals surface area contributed by atoms with Crippen molar-refractivity contribution < 1.29 is 13.2 Å². The highest BCUT2D eigenvalue weighted by Gasteiger charge is 2.20. The molecule has 0 radical (unpaired) electrons. The standard InChI is InChI=1S/C20H20N4O3S/c1-28(26,27)15-19-22-17-9-5-6-10-18(17)24(19)14-20(25)23(12-11-21)13-16-7-3-2-4-8-16/h2-10H,12-15H2,1H3. The molecule has 144 valence electrons. The lowest BCUT2D eigenvalue weighted by Gasteiger charge is -2.21. The van der Waals surface area contributed by atoms with Crippen molar-refractivity contribution in [1.29, 1.82) is 5.26 Å². The predicted molar refractivity (Wildman–Crippen MR) is 106 cm³/mol. The maximum Gasteiger partial charge on any atom is 0.243 e. The topological polar surface area (TPSA) is 96.1 Å². The van der Waals surface area contributed by atoms with E-state index in [0.717, 1.165) is 11.8 Å². The number of carbonyl (C=O) groups excluding carboxylic acids is 1. The van der Waals surface area contributed by atoms with Crippen LogP contribution in [0.1, 0.15) is 11.4 Å². The lowest BCUT2D eigenvalue weighted by Crippen LogP contribution is -2.34. The minimum Gasteiger partial charge on any atom is -0.323 e. The molecule has 8 heteroatoms. The van der Waals surface area contributed by atoms with E-state index in [1.54, 1.807) is 16.7 Å². The van der Waals surface area contributed by atoms with Crippen LogP contribution < -0.4 is 0 Å². The summed E-state index contributed by atoms with van der Waals surface area (Å²) >= 11 is 0. The molecule has 0 spiro atoms. The molecule has 0 unspecified atom stereocenters. The monoisotopic (exact) mass is 396 g/mol. The molecule has 0 bridgehead atoms. The molecule has 0 fully saturated rings. The number of nitriles is 1. The van der Waals surface area contributed by atoms with Crippen molar-refractivity contribution in [2.45, 2.75) is 18.8 Å². The first-order valence-corrected chi connectivity index (χ1v) is 10.7. The Morgan fingerprint density at radius 3 is 2.50 bits per heavy atom. The highest BCUT2D eigenvalue weighted by atomic mass is 32.2. The molecule has 0 saturated carbocycles. The number of hydrogen-bond donors (Lipinski definition) is 0. The van der Waals surface area contributed by atoms with Gasteiger partial charge in [0.15, 0.2) is 9.84 Å². The lowest BCUT2D eigenvalue weighted by atomic mass is 10.2. The molecular formula is C20H20N4O3S. The first-order chi connectivity index (χ1) is 13.4. The Labute approximate surface area is 163 Å². The zero-order valence-corrected chi connectivity index (χ0v) is 16.3. The molecule has 2 aromatic carbocycles. The van der Waals surface area contributed by atoms with Crippen LogP contribution in [0.5, 0.6) is 0 Å². The van der Waals surface area contributed by atoms with E-state index in [4.69, 9.17) is 5.26 Å². The number of benzene rings is 2. The Morgan fingerprint density at radius 1 is 1.14 bits per heavy atom. The van der Waals surface area contributed by atoms with Crippen molar-refractivity contribution in [3.63, 3.8) is 0 Å². The summed E-state index contributed by atoms with van der Waals surface area (Å²) in [5, 5.41) is 9.13. The highest BCUT2D eigenvalue weighted by molar-refractivity contribution is 7.89. The first-order valence-electron chi connectivity index (χ1n) is 8.68. The molecule has 7 nitrogen and oxygen atoms in total. The van der Waals surface area contributed by atoms with E-state index in [9.17, 15) is 13.2 Å². The minimum absolute atomic E-state index is 0.0538. The lowest BCUT2D eigenvalue weighted by molar-refractivity contribution is -0.131. The van der Waals surface area contributed by atoms with Gasteiger partial charge in [-0.1, -0.05) is 42.5 Å². The molecule has 3 rings (SSSR count). The summed E-state index contributed by atoms with van der Waals surface area (Å²) in [5.74, 6) is -0.219. The minimum atomic E-state index is -3.32. The number of fused-ring (bicyclic) bond motifs is 1. The molecule has 0 atom stereocenters. The van der Waals surface area contributed by atoms with Crippen molar-refractivity contribution in [3.8, 4) is 6.07 Å². The summed E-state index contributed by atoms with van der Waals surface area (Å²) in [4.78, 5) is 18.8. The number of imidazole rings is 1. The maximum atomic E-state index is 12.9. The molecule has 0 aliphatic heterocycles. The summed E-state index contributed by atoms with van der Waals surface area (Å²) in [6.07, 6.45) is 1.13. The van der Waals surface area contributed by atoms with Crippen LogP contribution in [0.15, 0.2) is 54.6 Å². The van der Waals surface area contributed by atoms with E-state index in [1.807, 2.05) is 48.5 Å². The van der Waals surface area contributed by atoms with Crippen LogP contribution in [-0.4, -0.2) is 41.6 Å². The number of hydrogen-bond acceptors (Lipinski definition) is 5. The summed E-state index contributed by atoms with van der Waals surface area (Å²) < 4.78 is 25.2. The molecule has 1 amide bonds. The fourth-order valence-electron chi connectivity index (χ4n) is 3.00. The van der Waals surface area contributed by atoms with Gasteiger partial charge in [-0.15, -0.1) is 0 Å². The van der Waals surface area contributed by atoms with Gasteiger partial charge in [0.1, 0.15) is 24.7 Å². The van der Waals surface area contributed by atoms with E-state index in [1.165, 1.54) is 4.90 Å². The molecule has 28 heavy (non-hydrogen) atoms. The largest absolute Gasteiger partial charge is 0.323 e. The fraction of sp³-hybridized carbons (Fsp3) is 0.250. The molecule has 0 saturated heterocycles. The maximum absolute atomic E-state index is 12.9. The molecule has 3 aromatic rings. The van der Waals surface area contributed by atoms with E-state index >= 15 is 0 Å². The Morgan fingerprint density at radius 2 is 1.82 bits per heavy atom. The third kappa shape index (κ3) is 4.75. The predicted octanol–water partition coefficient (Wildman–Crippen LogP) is 2.13. The van der Waals surface area contributed by atoms with Crippen LogP contribution in [0.4, 0.5) is 0 Å². The second-order valence-electron chi connectivity index (χ2n) is 6.57. The van der Waals surface area contributed by atoms with Crippen molar-refractivity contribution >= 4 is 26.8 Å². The van der Waals surface area contributed by atoms with Gasteiger partial charge < -0.3 is 9.47 Å². The molecule has 1 aromatic heterocycles. The van der Waals surface area contributed by atoms with Crippen LogP contribution in [0.25, 0.3) is 11.0 Å². The molecule has 1 heterocycles. The van der Waals surface area contributed by atoms with E-state index in [0.29, 0.717) is 23.4 Å². The number of sulfone groups is 1. The smallest absolute Gasteiger partial charge is 0.243 e. The van der Waals surface area contributed by atoms with Gasteiger partial charge in [0, 0.05) is 12.8 Å². The SMILES string of the molecule is CS(=O)(=O)Cc1nc2ccccc2n1CC(=O)N(CC#N)Cc1ccccc1. The van der Waals surface area contributed by atoms with Crippen LogP contribution in [0.2, 0.25) is 0 Å². The highest BCUT2D eigenvalue weighted by Crippen LogP contribution is 2.18. The average Bonchev–Trinajstić information content (AvgIpc) is 2.97. The third-order valence-electron chi connectivity index (χ3n) is 4.25. The summed E-state index contributed by atoms with van der Waals surface area (Å²) in [6.45, 7) is 0.170. The Bertz CT molecular complexity index is 1130. The second kappa shape index (κ2) is 8.23. The van der Waals surface area contributed by atoms with Crippen molar-refractivity contribution in [3.05, 3.63) is 66.0 Å². The average molecular weight is 396 g/mol. The summed E-state index contributed by atoms with van der Waals surface area (Å²) in [7, 11) is -3.32. The van der Waals surface area contributed by atoms with Crippen LogP contribution in [-0.2, 0) is 33.5 Å². The Kier molecular flexibility index (Phi) is 5.76. The number of amides is 1. The zero-order chi connectivity index (χ0) is 20.1. The zero-order valence-electron chi connectivity index (χ0n) is 15.4. The van der Waals surface area contributed by atoms with E-state index in [2.05, 4.69) is 4.98 Å². The quantitative estimate of drug-likeness (QED) is 0.570. The number of nitrogens with zero attached hydrogens (tertiary/aromatic N) is 4. The molecular weight excluding hydrogens is 376 g/mol. The van der Waals surface area contributed by atoms with Crippen molar-refractivity contribution in [2.75, 3.05) is 12.8 Å². The summed E-state index contributed by atoms with van der Waals surface area (Å²) in [6, 6.07) is 18.6. The van der Waals surface area contributed by atoms with Crippen molar-refractivity contribution in [2.24, 2.45) is 0 Å². The first kappa shape index (κ1) is 19.6. The third-order valence-corrected chi connectivity index (χ3v) is 5.03. The molecule has 0 aliphatic rings. The normalized spacial score (nSPS) is 11.3. The van der Waals surface area contributed by atoms with Gasteiger partial charge in [-0.05, 0) is 17.7 Å². The van der Waals surface area contributed by atoms with Crippen LogP contribution in [0, 0.1) is 11.3 Å². The Balaban J connectivity index is 1.92. The Hall–Kier alpha value is -3.18. The van der Waals surface area contributed by atoms with Gasteiger partial charge in [0.05, 0.1) is 17.1 Å². The number of para-hydroxylation sites is 2. The van der Waals surface area contributed by atoms with E-state index < -0.39 is 9.84 Å². The van der Waals surface area contributed by atoms with Gasteiger partial charge >= 0.3 is 0 Å². The molecule has 0 aliphatic carbocycles. The number of aromatic nitrogens is 2. The van der Waals surface area contributed by atoms with Crippen molar-refractivity contribution in [1.82, 2.24) is 14.5 Å². The van der Waals surface area contributed by atoms with Gasteiger partial charge in [-0.3, -0.25) is 4.79 Å². The van der Waals surface area contributed by atoms with Gasteiger partial charge in [0.2, 0.25) is 5.91 Å².